The summed E-state index contributed by atoms with van der Waals surface area (Å²) in [5.41, 5.74) is 0.349. The van der Waals surface area contributed by atoms with Gasteiger partial charge in [-0.3, -0.25) is 4.90 Å². The Kier molecular flexibility index (Phi) is 3.20. The summed E-state index contributed by atoms with van der Waals surface area (Å²) in [7, 11) is 0. The van der Waals surface area contributed by atoms with Gasteiger partial charge >= 0.3 is 0 Å². The van der Waals surface area contributed by atoms with Gasteiger partial charge in [0, 0.05) is 12.6 Å². The Hall–Kier alpha value is -1.79. The maximum absolute atomic E-state index is 13.7. The van der Waals surface area contributed by atoms with E-state index in [4.69, 9.17) is 9.26 Å². The van der Waals surface area contributed by atoms with E-state index >= 15 is 0 Å². The lowest BCUT2D eigenvalue weighted by atomic mass is 10.2. The van der Waals surface area contributed by atoms with E-state index in [9.17, 15) is 4.39 Å². The number of fused-ring (bicyclic) bond motifs is 1. The van der Waals surface area contributed by atoms with Gasteiger partial charge < -0.3 is 9.26 Å². The van der Waals surface area contributed by atoms with Crippen LogP contribution in [-0.4, -0.2) is 40.8 Å². The van der Waals surface area contributed by atoms with Crippen LogP contribution in [0.4, 0.5) is 4.39 Å². The smallest absolute Gasteiger partial charge is 0.257 e. The second-order valence-corrected chi connectivity index (χ2v) is 5.55. The number of nitrogens with zero attached hydrogens (tertiary/aromatic N) is 3. The molecule has 1 aromatic carbocycles. The molecule has 110 valence electrons. The molecule has 0 N–H and O–H groups in total. The van der Waals surface area contributed by atoms with Crippen LogP contribution in [0.15, 0.2) is 28.8 Å². The SMILES string of the molecule is Fc1ccccc1-c1noc(C2CN3CCCC3CO2)n1. The van der Waals surface area contributed by atoms with Crippen molar-refractivity contribution in [3.05, 3.63) is 36.0 Å². The molecule has 6 heteroatoms. The topological polar surface area (TPSA) is 51.4 Å². The second kappa shape index (κ2) is 5.20. The Labute approximate surface area is 121 Å². The van der Waals surface area contributed by atoms with Gasteiger partial charge in [0.15, 0.2) is 0 Å². The molecule has 0 radical (unpaired) electrons. The van der Waals surface area contributed by atoms with Gasteiger partial charge in [0.1, 0.15) is 11.9 Å². The number of aromatic nitrogens is 2. The molecular weight excluding hydrogens is 273 g/mol. The van der Waals surface area contributed by atoms with Crippen molar-refractivity contribution in [1.82, 2.24) is 15.0 Å². The maximum atomic E-state index is 13.7. The number of hydrogen-bond acceptors (Lipinski definition) is 5. The molecule has 2 aromatic rings. The van der Waals surface area contributed by atoms with E-state index in [1.807, 2.05) is 0 Å². The Balaban J connectivity index is 1.56. The molecule has 2 unspecified atom stereocenters. The van der Waals surface area contributed by atoms with Crippen LogP contribution >= 0.6 is 0 Å². The number of halogens is 1. The Morgan fingerprint density at radius 1 is 1.29 bits per heavy atom. The lowest BCUT2D eigenvalue weighted by molar-refractivity contribution is -0.0633. The maximum Gasteiger partial charge on any atom is 0.257 e. The minimum absolute atomic E-state index is 0.215. The zero-order chi connectivity index (χ0) is 14.2. The summed E-state index contributed by atoms with van der Waals surface area (Å²) in [6.07, 6.45) is 2.19. The average molecular weight is 289 g/mol. The first kappa shape index (κ1) is 12.9. The van der Waals surface area contributed by atoms with Crippen molar-refractivity contribution in [3.8, 4) is 11.4 Å². The van der Waals surface area contributed by atoms with E-state index in [1.165, 1.54) is 18.9 Å². The van der Waals surface area contributed by atoms with Crippen LogP contribution in [0.1, 0.15) is 24.8 Å². The highest BCUT2D eigenvalue weighted by Crippen LogP contribution is 2.30. The van der Waals surface area contributed by atoms with Crippen LogP contribution in [0.3, 0.4) is 0 Å². The van der Waals surface area contributed by atoms with Crippen molar-refractivity contribution in [3.63, 3.8) is 0 Å². The number of rotatable bonds is 2. The third kappa shape index (κ3) is 2.34. The summed E-state index contributed by atoms with van der Waals surface area (Å²) in [5.74, 6) is 0.350. The van der Waals surface area contributed by atoms with E-state index in [1.54, 1.807) is 18.2 Å². The Morgan fingerprint density at radius 3 is 3.10 bits per heavy atom. The number of benzene rings is 1. The minimum Gasteiger partial charge on any atom is -0.365 e. The normalized spacial score (nSPS) is 26.0. The summed E-state index contributed by atoms with van der Waals surface area (Å²) < 4.78 is 24.9. The average Bonchev–Trinajstić information content (AvgIpc) is 3.16. The molecule has 2 fully saturated rings. The van der Waals surface area contributed by atoms with E-state index < -0.39 is 0 Å². The summed E-state index contributed by atoms with van der Waals surface area (Å²) in [6, 6.07) is 6.94. The fourth-order valence-corrected chi connectivity index (χ4v) is 3.08. The van der Waals surface area contributed by atoms with Crippen LogP contribution in [-0.2, 0) is 4.74 Å². The second-order valence-electron chi connectivity index (χ2n) is 5.55. The molecule has 21 heavy (non-hydrogen) atoms. The predicted octanol–water partition coefficient (Wildman–Crippen LogP) is 2.41. The van der Waals surface area contributed by atoms with Crippen molar-refractivity contribution in [2.75, 3.05) is 19.7 Å². The number of ether oxygens (including phenoxy) is 1. The fraction of sp³-hybridized carbons (Fsp3) is 0.467. The van der Waals surface area contributed by atoms with Gasteiger partial charge in [-0.15, -0.1) is 0 Å². The monoisotopic (exact) mass is 289 g/mol. The molecule has 5 nitrogen and oxygen atoms in total. The first-order valence-corrected chi connectivity index (χ1v) is 7.25. The van der Waals surface area contributed by atoms with Gasteiger partial charge in [-0.2, -0.15) is 4.98 Å². The van der Waals surface area contributed by atoms with Gasteiger partial charge in [-0.25, -0.2) is 4.39 Å². The lowest BCUT2D eigenvalue weighted by Gasteiger charge is -2.33. The van der Waals surface area contributed by atoms with Crippen LogP contribution in [0.25, 0.3) is 11.4 Å². The first-order chi connectivity index (χ1) is 10.3. The molecule has 2 atom stereocenters. The quantitative estimate of drug-likeness (QED) is 0.849. The van der Waals surface area contributed by atoms with E-state index in [2.05, 4.69) is 15.0 Å². The molecule has 1 aromatic heterocycles. The summed E-state index contributed by atoms with van der Waals surface area (Å²) in [5, 5.41) is 3.88. The molecule has 3 heterocycles. The Bertz CT molecular complexity index is 645. The van der Waals surface area contributed by atoms with E-state index in [0.717, 1.165) is 13.1 Å². The largest absolute Gasteiger partial charge is 0.365 e. The molecule has 0 bridgehead atoms. The molecule has 4 rings (SSSR count). The fourth-order valence-electron chi connectivity index (χ4n) is 3.08. The molecule has 0 aliphatic carbocycles. The molecular formula is C15H16FN3O2. The number of hydrogen-bond donors (Lipinski definition) is 0. The molecule has 0 amide bonds. The standard InChI is InChI=1S/C15H16FN3O2/c16-12-6-2-1-5-11(12)14-17-15(21-18-14)13-8-19-7-3-4-10(19)9-20-13/h1-2,5-6,10,13H,3-4,7-9H2. The van der Waals surface area contributed by atoms with Crippen LogP contribution in [0.5, 0.6) is 0 Å². The minimum atomic E-state index is -0.353. The highest BCUT2D eigenvalue weighted by molar-refractivity contribution is 5.54. The molecule has 2 aliphatic heterocycles. The van der Waals surface area contributed by atoms with Crippen molar-refractivity contribution in [1.29, 1.82) is 0 Å². The van der Waals surface area contributed by atoms with Gasteiger partial charge in [0.05, 0.1) is 12.2 Å². The van der Waals surface area contributed by atoms with Gasteiger partial charge in [0.25, 0.3) is 5.89 Å². The van der Waals surface area contributed by atoms with Crippen LogP contribution in [0.2, 0.25) is 0 Å². The highest BCUT2D eigenvalue weighted by Gasteiger charge is 2.35. The van der Waals surface area contributed by atoms with Crippen molar-refractivity contribution >= 4 is 0 Å². The summed E-state index contributed by atoms with van der Waals surface area (Å²) >= 11 is 0. The molecule has 0 saturated carbocycles. The molecule has 0 spiro atoms. The predicted molar refractivity (Wildman–Crippen MR) is 73.0 cm³/mol. The first-order valence-electron chi connectivity index (χ1n) is 7.25. The van der Waals surface area contributed by atoms with Crippen LogP contribution < -0.4 is 0 Å². The zero-order valence-electron chi connectivity index (χ0n) is 11.5. The van der Waals surface area contributed by atoms with E-state index in [-0.39, 0.29) is 17.7 Å². The lowest BCUT2D eigenvalue weighted by Crippen LogP contribution is -2.42. The molecule has 2 aliphatic rings. The van der Waals surface area contributed by atoms with Gasteiger partial charge in [-0.1, -0.05) is 17.3 Å². The zero-order valence-corrected chi connectivity index (χ0v) is 11.5. The van der Waals surface area contributed by atoms with Gasteiger partial charge in [0.2, 0.25) is 5.82 Å². The Morgan fingerprint density at radius 2 is 2.19 bits per heavy atom. The van der Waals surface area contributed by atoms with Crippen molar-refractivity contribution < 1.29 is 13.7 Å². The highest BCUT2D eigenvalue weighted by atomic mass is 19.1. The van der Waals surface area contributed by atoms with Crippen molar-refractivity contribution in [2.45, 2.75) is 25.0 Å². The third-order valence-corrected chi connectivity index (χ3v) is 4.22. The number of morpholine rings is 1. The van der Waals surface area contributed by atoms with Crippen LogP contribution in [0, 0.1) is 5.82 Å². The molecule has 2 saturated heterocycles. The van der Waals surface area contributed by atoms with Crippen molar-refractivity contribution in [2.24, 2.45) is 0 Å². The van der Waals surface area contributed by atoms with Gasteiger partial charge in [-0.05, 0) is 31.5 Å². The third-order valence-electron chi connectivity index (χ3n) is 4.22. The van der Waals surface area contributed by atoms with E-state index in [0.29, 0.717) is 24.1 Å². The summed E-state index contributed by atoms with van der Waals surface area (Å²) in [4.78, 5) is 6.71. The summed E-state index contributed by atoms with van der Waals surface area (Å²) in [6.45, 7) is 2.56.